The Hall–Kier alpha value is -0.610. The minimum Gasteiger partial charge on any atom is -0.480 e. The summed E-state index contributed by atoms with van der Waals surface area (Å²) in [6.45, 7) is 0.858. The first-order valence-electron chi connectivity index (χ1n) is 2.77. The molecule has 0 aromatic rings. The van der Waals surface area contributed by atoms with Crippen LogP contribution in [-0.2, 0) is 4.79 Å². The van der Waals surface area contributed by atoms with E-state index >= 15 is 0 Å². The molecule has 1 rings (SSSR count). The van der Waals surface area contributed by atoms with Gasteiger partial charge in [-0.25, -0.2) is 0 Å². The van der Waals surface area contributed by atoms with Crippen LogP contribution in [0.25, 0.3) is 0 Å². The largest absolute Gasteiger partial charge is 0.480 e. The summed E-state index contributed by atoms with van der Waals surface area (Å²) in [5.74, 6) is -0.720. The van der Waals surface area contributed by atoms with Gasteiger partial charge in [-0.1, -0.05) is 7.43 Å². The Bertz CT molecular complexity index is 99.2. The van der Waals surface area contributed by atoms with E-state index in [4.69, 9.17) is 5.11 Å². The Morgan fingerprint density at radius 3 is 2.40 bits per heavy atom. The first-order valence-corrected chi connectivity index (χ1v) is 2.77. The predicted molar refractivity (Wildman–Crippen MR) is 39.0 cm³/mol. The van der Waals surface area contributed by atoms with Gasteiger partial charge < -0.3 is 15.9 Å². The van der Waals surface area contributed by atoms with Crippen molar-refractivity contribution in [1.82, 2.24) is 5.32 Å². The third-order valence-corrected chi connectivity index (χ3v) is 1.36. The molecule has 0 amide bonds. The number of carbonyl (C=O) groups is 1. The molecule has 0 saturated carbocycles. The minimum atomic E-state index is -0.720. The van der Waals surface area contributed by atoms with Crippen LogP contribution in [0.1, 0.15) is 20.3 Å². The molecule has 0 aromatic heterocycles. The van der Waals surface area contributed by atoms with E-state index in [1.807, 2.05) is 0 Å². The summed E-state index contributed by atoms with van der Waals surface area (Å²) >= 11 is 0. The van der Waals surface area contributed by atoms with Crippen LogP contribution in [0.5, 0.6) is 0 Å². The molecule has 1 heterocycles. The molecule has 4 nitrogen and oxygen atoms in total. The van der Waals surface area contributed by atoms with Gasteiger partial charge in [0.1, 0.15) is 6.04 Å². The van der Waals surface area contributed by atoms with Crippen molar-refractivity contribution in [1.29, 1.82) is 0 Å². The van der Waals surface area contributed by atoms with Crippen molar-refractivity contribution >= 4 is 5.97 Å². The average Bonchev–Trinajstić information content (AvgIpc) is 2.12. The summed E-state index contributed by atoms with van der Waals surface area (Å²) in [6.07, 6.45) is 1.78. The Labute approximate surface area is 60.6 Å². The summed E-state index contributed by atoms with van der Waals surface area (Å²) in [4.78, 5) is 10.1. The van der Waals surface area contributed by atoms with E-state index in [9.17, 15) is 4.79 Å². The van der Waals surface area contributed by atoms with E-state index in [0.29, 0.717) is 0 Å². The van der Waals surface area contributed by atoms with E-state index < -0.39 is 5.97 Å². The first-order chi connectivity index (χ1) is 3.80. The lowest BCUT2D eigenvalue weighted by atomic mass is 10.2. The van der Waals surface area contributed by atoms with Crippen molar-refractivity contribution in [2.75, 3.05) is 6.54 Å². The molecule has 1 aliphatic heterocycles. The highest BCUT2D eigenvalue weighted by Crippen LogP contribution is 2.03. The van der Waals surface area contributed by atoms with Gasteiger partial charge in [-0.3, -0.25) is 4.79 Å². The molecule has 4 N–H and O–H groups in total. The monoisotopic (exact) mass is 149 g/mol. The second kappa shape index (κ2) is 5.20. The van der Waals surface area contributed by atoms with Gasteiger partial charge in [-0.05, 0) is 19.4 Å². The molecule has 1 atom stereocenters. The molecule has 1 fully saturated rings. The maximum Gasteiger partial charge on any atom is 0.320 e. The van der Waals surface area contributed by atoms with Crippen LogP contribution >= 0.6 is 0 Å². The fraction of sp³-hybridized carbons (Fsp3) is 0.833. The van der Waals surface area contributed by atoms with Crippen LogP contribution < -0.4 is 5.32 Å². The first kappa shape index (κ1) is 12.1. The topological polar surface area (TPSA) is 80.8 Å². The third-order valence-electron chi connectivity index (χ3n) is 1.36. The normalized spacial score (nSPS) is 22.6. The lowest BCUT2D eigenvalue weighted by molar-refractivity contribution is -0.139. The van der Waals surface area contributed by atoms with Gasteiger partial charge in [0, 0.05) is 0 Å². The van der Waals surface area contributed by atoms with Crippen LogP contribution in [-0.4, -0.2) is 29.1 Å². The average molecular weight is 149 g/mol. The highest BCUT2D eigenvalue weighted by atomic mass is 16.4. The Balaban J connectivity index is 0. The van der Waals surface area contributed by atoms with Crippen LogP contribution in [0.3, 0.4) is 0 Å². The van der Waals surface area contributed by atoms with Gasteiger partial charge in [-0.2, -0.15) is 0 Å². The molecular formula is C6H15NO3. The fourth-order valence-corrected chi connectivity index (χ4v) is 0.895. The SMILES string of the molecule is C.O.O=C(O)[C@@H]1CCCN1. The lowest BCUT2D eigenvalue weighted by Gasteiger charge is -1.99. The summed E-state index contributed by atoms with van der Waals surface area (Å²) < 4.78 is 0. The van der Waals surface area contributed by atoms with E-state index in [-0.39, 0.29) is 18.9 Å². The van der Waals surface area contributed by atoms with Crippen molar-refractivity contribution in [2.24, 2.45) is 0 Å². The number of carboxylic acid groups (broad SMARTS) is 1. The molecule has 10 heavy (non-hydrogen) atoms. The molecular weight excluding hydrogens is 134 g/mol. The van der Waals surface area contributed by atoms with Crippen molar-refractivity contribution in [3.63, 3.8) is 0 Å². The van der Waals surface area contributed by atoms with Gasteiger partial charge >= 0.3 is 5.97 Å². The molecule has 0 spiro atoms. The van der Waals surface area contributed by atoms with E-state index in [1.54, 1.807) is 0 Å². The molecule has 1 saturated heterocycles. The Morgan fingerprint density at radius 2 is 2.20 bits per heavy atom. The van der Waals surface area contributed by atoms with E-state index in [1.165, 1.54) is 0 Å². The van der Waals surface area contributed by atoms with Crippen LogP contribution in [0.15, 0.2) is 0 Å². The van der Waals surface area contributed by atoms with Gasteiger partial charge in [0.2, 0.25) is 0 Å². The van der Waals surface area contributed by atoms with E-state index in [2.05, 4.69) is 5.32 Å². The van der Waals surface area contributed by atoms with Crippen LogP contribution in [0.4, 0.5) is 0 Å². The molecule has 0 bridgehead atoms. The molecule has 4 heteroatoms. The smallest absolute Gasteiger partial charge is 0.320 e. The second-order valence-corrected chi connectivity index (χ2v) is 1.99. The van der Waals surface area contributed by atoms with Gasteiger partial charge in [0.15, 0.2) is 0 Å². The minimum absolute atomic E-state index is 0. The fourth-order valence-electron chi connectivity index (χ4n) is 0.895. The lowest BCUT2D eigenvalue weighted by Crippen LogP contribution is -2.29. The van der Waals surface area contributed by atoms with Crippen molar-refractivity contribution in [2.45, 2.75) is 26.3 Å². The number of rotatable bonds is 1. The molecule has 1 aliphatic rings. The predicted octanol–water partition coefficient (Wildman–Crippen LogP) is -0.366. The summed E-state index contributed by atoms with van der Waals surface area (Å²) in [7, 11) is 0. The van der Waals surface area contributed by atoms with Gasteiger partial charge in [-0.15, -0.1) is 0 Å². The number of aliphatic carboxylic acids is 1. The van der Waals surface area contributed by atoms with Gasteiger partial charge in [0.05, 0.1) is 0 Å². The van der Waals surface area contributed by atoms with Crippen molar-refractivity contribution in [3.8, 4) is 0 Å². The molecule has 62 valence electrons. The summed E-state index contributed by atoms with van der Waals surface area (Å²) in [6, 6.07) is -0.269. The molecule has 0 aliphatic carbocycles. The summed E-state index contributed by atoms with van der Waals surface area (Å²) in [5, 5.41) is 11.2. The zero-order valence-corrected chi connectivity index (χ0v) is 5.05. The molecule has 0 radical (unpaired) electrons. The van der Waals surface area contributed by atoms with Crippen molar-refractivity contribution < 1.29 is 15.4 Å². The van der Waals surface area contributed by atoms with E-state index in [0.717, 1.165) is 19.4 Å². The van der Waals surface area contributed by atoms with Gasteiger partial charge in [0.25, 0.3) is 0 Å². The third kappa shape index (κ3) is 2.80. The zero-order valence-electron chi connectivity index (χ0n) is 5.05. The number of hydrogen-bond donors (Lipinski definition) is 2. The maximum atomic E-state index is 10.1. The number of hydrogen-bond acceptors (Lipinski definition) is 2. The zero-order chi connectivity index (χ0) is 5.98. The highest BCUT2D eigenvalue weighted by molar-refractivity contribution is 5.73. The Morgan fingerprint density at radius 1 is 1.60 bits per heavy atom. The Kier molecular flexibility index (Phi) is 6.29. The quantitative estimate of drug-likeness (QED) is 0.534. The summed E-state index contributed by atoms with van der Waals surface area (Å²) in [5.41, 5.74) is 0. The molecule has 0 unspecified atom stereocenters. The highest BCUT2D eigenvalue weighted by Gasteiger charge is 2.20. The number of carboxylic acids is 1. The second-order valence-electron chi connectivity index (χ2n) is 1.99. The standard InChI is InChI=1S/C5H9NO2.CH4.H2O/c7-5(8)4-2-1-3-6-4;;/h4,6H,1-3H2,(H,7,8);1H4;1H2/t4-;;/m0../s1. The van der Waals surface area contributed by atoms with Crippen molar-refractivity contribution in [3.05, 3.63) is 0 Å². The number of nitrogens with one attached hydrogen (secondary N) is 1. The van der Waals surface area contributed by atoms with Crippen LogP contribution in [0, 0.1) is 0 Å². The van der Waals surface area contributed by atoms with Crippen LogP contribution in [0.2, 0.25) is 0 Å². The molecule has 0 aromatic carbocycles. The maximum absolute atomic E-state index is 10.1.